The number of hydrogen-bond acceptors (Lipinski definition) is 6. The summed E-state index contributed by atoms with van der Waals surface area (Å²) in [7, 11) is 0. The van der Waals surface area contributed by atoms with Crippen LogP contribution in [0.5, 0.6) is 11.5 Å². The van der Waals surface area contributed by atoms with E-state index in [1.807, 2.05) is 45.3 Å². The van der Waals surface area contributed by atoms with Gasteiger partial charge in [0.25, 0.3) is 0 Å². The summed E-state index contributed by atoms with van der Waals surface area (Å²) in [5.41, 5.74) is 11.4. The maximum atomic E-state index is 6.13. The van der Waals surface area contributed by atoms with Crippen LogP contribution >= 0.6 is 45.3 Å². The smallest absolute Gasteiger partial charge is 0.119 e. The molecule has 0 saturated heterocycles. The van der Waals surface area contributed by atoms with Gasteiger partial charge >= 0.3 is 0 Å². The minimum Gasteiger partial charge on any atom is -0.494 e. The fourth-order valence-corrected chi connectivity index (χ4v) is 16.5. The third-order valence-electron chi connectivity index (χ3n) is 16.1. The highest BCUT2D eigenvalue weighted by atomic mass is 32.1. The van der Waals surface area contributed by atoms with Crippen LogP contribution in [0.25, 0.3) is 71.7 Å². The van der Waals surface area contributed by atoms with Crippen LogP contribution in [0.1, 0.15) is 206 Å². The fourth-order valence-electron chi connectivity index (χ4n) is 11.7. The van der Waals surface area contributed by atoms with Gasteiger partial charge in [0.2, 0.25) is 0 Å². The molecule has 75 heavy (non-hydrogen) atoms. The highest BCUT2D eigenvalue weighted by molar-refractivity contribution is 7.31. The molecule has 0 aliphatic heterocycles. The Morgan fingerprint density at radius 1 is 0.307 bits per heavy atom. The van der Waals surface area contributed by atoms with E-state index < -0.39 is 0 Å². The van der Waals surface area contributed by atoms with Crippen molar-refractivity contribution >= 4 is 64.1 Å². The summed E-state index contributed by atoms with van der Waals surface area (Å²) in [5, 5.41) is 0. The quantitative estimate of drug-likeness (QED) is 0.0374. The first kappa shape index (κ1) is 55.6. The summed E-state index contributed by atoms with van der Waals surface area (Å²) >= 11 is 7.79. The van der Waals surface area contributed by atoms with E-state index in [0.717, 1.165) is 37.6 Å². The van der Waals surface area contributed by atoms with Gasteiger partial charge in [0.05, 0.1) is 13.2 Å². The summed E-state index contributed by atoms with van der Waals surface area (Å²) in [6, 6.07) is 42.6. The van der Waals surface area contributed by atoms with Gasteiger partial charge in [0, 0.05) is 43.7 Å². The van der Waals surface area contributed by atoms with E-state index in [1.165, 1.54) is 226 Å². The van der Waals surface area contributed by atoms with Crippen LogP contribution in [0.2, 0.25) is 0 Å². The van der Waals surface area contributed by atoms with Gasteiger partial charge in [-0.25, -0.2) is 0 Å². The molecule has 0 radical (unpaired) electrons. The van der Waals surface area contributed by atoms with E-state index in [1.54, 1.807) is 11.1 Å². The zero-order valence-corrected chi connectivity index (χ0v) is 49.4. The van der Waals surface area contributed by atoms with E-state index in [-0.39, 0.29) is 5.41 Å². The lowest BCUT2D eigenvalue weighted by Gasteiger charge is -2.33. The van der Waals surface area contributed by atoms with Crippen molar-refractivity contribution in [2.24, 2.45) is 0 Å². The molecule has 0 spiro atoms. The van der Waals surface area contributed by atoms with Crippen LogP contribution in [-0.4, -0.2) is 13.2 Å². The zero-order valence-electron chi connectivity index (χ0n) is 46.1. The summed E-state index contributed by atoms with van der Waals surface area (Å²) in [6.07, 6.45) is 33.7. The molecule has 4 aromatic heterocycles. The average molecular weight is 1080 g/mol. The Hall–Kier alpha value is -4.20. The second-order valence-electron chi connectivity index (χ2n) is 21.8. The van der Waals surface area contributed by atoms with E-state index in [4.69, 9.17) is 9.47 Å². The molecule has 398 valence electrons. The third-order valence-corrected chi connectivity index (χ3v) is 20.9. The van der Waals surface area contributed by atoms with Gasteiger partial charge in [-0.2, -0.15) is 0 Å². The first-order chi connectivity index (χ1) is 37.0. The molecule has 0 N–H and O–H groups in total. The minimum atomic E-state index is 0.00480. The van der Waals surface area contributed by atoms with E-state index in [2.05, 4.69) is 137 Å². The van der Waals surface area contributed by atoms with Gasteiger partial charge in [0.15, 0.2) is 0 Å². The Balaban J connectivity index is 0.955. The topological polar surface area (TPSA) is 18.5 Å². The Bertz CT molecular complexity index is 2700. The first-order valence-corrected chi connectivity index (χ1v) is 33.1. The molecule has 0 atom stereocenters. The number of rotatable bonds is 34. The Morgan fingerprint density at radius 3 is 0.947 bits per heavy atom. The lowest BCUT2D eigenvalue weighted by Crippen LogP contribution is -2.25. The van der Waals surface area contributed by atoms with Crippen molar-refractivity contribution in [2.45, 2.75) is 200 Å². The van der Waals surface area contributed by atoms with Gasteiger partial charge in [-0.05, 0) is 155 Å². The summed E-state index contributed by atoms with van der Waals surface area (Å²) in [5.74, 6) is 1.96. The molecule has 0 unspecified atom stereocenters. The first-order valence-electron chi connectivity index (χ1n) is 29.8. The number of benzene rings is 4. The lowest BCUT2D eigenvalue weighted by atomic mass is 9.70. The van der Waals surface area contributed by atoms with Crippen molar-refractivity contribution in [3.8, 4) is 64.4 Å². The van der Waals surface area contributed by atoms with Gasteiger partial charge < -0.3 is 9.47 Å². The molecule has 0 bridgehead atoms. The maximum Gasteiger partial charge on any atom is 0.119 e. The highest BCUT2D eigenvalue weighted by Crippen LogP contribution is 2.57. The fraction of sp³-hybridized carbons (Fsp3) is 0.478. The lowest BCUT2D eigenvalue weighted by molar-refractivity contribution is 0.304. The molecule has 2 nitrogen and oxygen atoms in total. The molecule has 0 fully saturated rings. The number of fused-ring (bicyclic) bond motifs is 5. The standard InChI is InChI=1S/C69H86O2S4/c1-5-9-13-17-21-25-41-69(42-26-22-18-14-10-6-2)59-45-53(63-49-67-65(74-63)47-61(72-67)51-29-35-55(36-30-51)70-43-27-23-19-15-11-7-3)33-39-57(59)58-40-34-54(46-60(58)69)64-50-68-66(75-64)48-62(73-68)52-31-37-56(38-32-52)71-44-28-24-20-16-12-8-4/h29-40,45-50H,5-28,41-44H2,1-4H3. The van der Waals surface area contributed by atoms with Gasteiger partial charge in [-0.1, -0.05) is 193 Å². The SMILES string of the molecule is CCCCCCCCOc1ccc(-c2cc3sc(-c4ccc5c(c4)C(CCCCCCCC)(CCCCCCCC)c4cc(-c6cc7sc(-c8ccc(OCCCCCCCC)cc8)cc7s6)ccc4-5)cc3s2)cc1. The van der Waals surface area contributed by atoms with Crippen molar-refractivity contribution < 1.29 is 9.47 Å². The number of ether oxygens (including phenoxy) is 2. The van der Waals surface area contributed by atoms with E-state index >= 15 is 0 Å². The van der Waals surface area contributed by atoms with Gasteiger partial charge in [0.1, 0.15) is 11.5 Å². The van der Waals surface area contributed by atoms with Gasteiger partial charge in [-0.15, -0.1) is 45.3 Å². The van der Waals surface area contributed by atoms with Crippen molar-refractivity contribution in [2.75, 3.05) is 13.2 Å². The molecule has 4 heterocycles. The predicted molar refractivity (Wildman–Crippen MR) is 335 cm³/mol. The van der Waals surface area contributed by atoms with E-state index in [0.29, 0.717) is 0 Å². The second kappa shape index (κ2) is 28.4. The van der Waals surface area contributed by atoms with Crippen LogP contribution in [0.3, 0.4) is 0 Å². The molecule has 0 amide bonds. The van der Waals surface area contributed by atoms with Crippen molar-refractivity contribution in [1.82, 2.24) is 0 Å². The van der Waals surface area contributed by atoms with E-state index in [9.17, 15) is 0 Å². The molecule has 4 aromatic carbocycles. The molecule has 8 aromatic rings. The Morgan fingerprint density at radius 2 is 0.600 bits per heavy atom. The monoisotopic (exact) mass is 1070 g/mol. The van der Waals surface area contributed by atoms with Crippen molar-refractivity contribution in [1.29, 1.82) is 0 Å². The largest absolute Gasteiger partial charge is 0.494 e. The zero-order chi connectivity index (χ0) is 51.7. The molecular formula is C69H86O2S4. The molecule has 1 aliphatic rings. The Labute approximate surface area is 468 Å². The highest BCUT2D eigenvalue weighted by Gasteiger charge is 2.43. The molecule has 9 rings (SSSR count). The number of unbranched alkanes of at least 4 members (excludes halogenated alkanes) is 20. The molecule has 0 saturated carbocycles. The predicted octanol–water partition coefficient (Wildman–Crippen LogP) is 24.2. The van der Waals surface area contributed by atoms with Crippen LogP contribution in [0.4, 0.5) is 0 Å². The van der Waals surface area contributed by atoms with Crippen molar-refractivity contribution in [3.63, 3.8) is 0 Å². The summed E-state index contributed by atoms with van der Waals surface area (Å²) in [4.78, 5) is 5.45. The second-order valence-corrected chi connectivity index (χ2v) is 26.2. The molecular weight excluding hydrogens is 989 g/mol. The average Bonchev–Trinajstić information content (AvgIpc) is 4.27. The summed E-state index contributed by atoms with van der Waals surface area (Å²) < 4.78 is 17.8. The minimum absolute atomic E-state index is 0.00480. The maximum absolute atomic E-state index is 6.13. The summed E-state index contributed by atoms with van der Waals surface area (Å²) in [6.45, 7) is 10.8. The van der Waals surface area contributed by atoms with Crippen LogP contribution in [0, 0.1) is 0 Å². The van der Waals surface area contributed by atoms with Crippen molar-refractivity contribution in [3.05, 3.63) is 120 Å². The third kappa shape index (κ3) is 14.3. The Kier molecular flexibility index (Phi) is 21.1. The molecule has 6 heteroatoms. The van der Waals surface area contributed by atoms with Crippen LogP contribution in [-0.2, 0) is 5.41 Å². The number of hydrogen-bond donors (Lipinski definition) is 0. The van der Waals surface area contributed by atoms with Crippen LogP contribution < -0.4 is 9.47 Å². The number of thiophene rings is 4. The normalized spacial score (nSPS) is 12.8. The van der Waals surface area contributed by atoms with Gasteiger partial charge in [-0.3, -0.25) is 0 Å². The van der Waals surface area contributed by atoms with Crippen LogP contribution in [0.15, 0.2) is 109 Å². The molecule has 1 aliphatic carbocycles.